The quantitative estimate of drug-likeness (QED) is 0.424. The molecule has 3 aromatic heterocycles. The van der Waals surface area contributed by atoms with Gasteiger partial charge in [0.2, 0.25) is 10.0 Å². The normalized spacial score (nSPS) is 11.9. The molecule has 1 amide bonds. The van der Waals surface area contributed by atoms with Gasteiger partial charge in [-0.3, -0.25) is 4.79 Å². The molecular weight excluding hydrogens is 446 g/mol. The van der Waals surface area contributed by atoms with Crippen LogP contribution in [-0.2, 0) is 16.6 Å². The molecule has 10 heteroatoms. The minimum Gasteiger partial charge on any atom is -0.322 e. The van der Waals surface area contributed by atoms with E-state index in [1.165, 1.54) is 12.1 Å². The molecule has 0 spiro atoms. The van der Waals surface area contributed by atoms with Gasteiger partial charge in [-0.15, -0.1) is 11.3 Å². The SMILES string of the molecule is CCn1ncc2c(C(=O)Nc3ccc(S(=O)(=O)NC(C)C)cc3)cc(-c3cccs3)nc21. The number of rotatable bonds is 7. The number of sulfonamides is 1. The molecule has 0 aliphatic carbocycles. The summed E-state index contributed by atoms with van der Waals surface area (Å²) in [7, 11) is -3.60. The predicted octanol–water partition coefficient (Wildman–Crippen LogP) is 4.12. The maximum absolute atomic E-state index is 13.2. The second-order valence-corrected chi connectivity index (χ2v) is 10.1. The molecule has 4 rings (SSSR count). The first-order valence-electron chi connectivity index (χ1n) is 10.1. The Bertz CT molecular complexity index is 1360. The van der Waals surface area contributed by atoms with Crippen molar-refractivity contribution in [2.75, 3.05) is 5.32 Å². The topological polar surface area (TPSA) is 106 Å². The lowest BCUT2D eigenvalue weighted by Crippen LogP contribution is -2.30. The van der Waals surface area contributed by atoms with Crippen molar-refractivity contribution in [3.8, 4) is 10.6 Å². The largest absolute Gasteiger partial charge is 0.322 e. The number of amides is 1. The third-order valence-electron chi connectivity index (χ3n) is 4.74. The van der Waals surface area contributed by atoms with Gasteiger partial charge in [0.25, 0.3) is 5.91 Å². The Morgan fingerprint density at radius 1 is 1.19 bits per heavy atom. The second kappa shape index (κ2) is 8.81. The fourth-order valence-electron chi connectivity index (χ4n) is 3.31. The van der Waals surface area contributed by atoms with Gasteiger partial charge in [0.1, 0.15) is 0 Å². The Hall–Kier alpha value is -3.08. The number of nitrogens with zero attached hydrogens (tertiary/aromatic N) is 3. The van der Waals surface area contributed by atoms with E-state index in [0.717, 1.165) is 4.88 Å². The standard InChI is InChI=1S/C22H23N5O3S2/c1-4-27-21-18(13-23-27)17(12-19(25-21)20-6-5-11-31-20)22(28)24-15-7-9-16(10-8-15)32(29,30)26-14(2)3/h5-14,26H,4H2,1-3H3,(H,24,28). The zero-order valence-corrected chi connectivity index (χ0v) is 19.5. The molecule has 0 radical (unpaired) electrons. The lowest BCUT2D eigenvalue weighted by Gasteiger charge is -2.11. The molecule has 166 valence electrons. The Labute approximate surface area is 190 Å². The Balaban J connectivity index is 1.66. The van der Waals surface area contributed by atoms with Crippen LogP contribution in [0.4, 0.5) is 5.69 Å². The van der Waals surface area contributed by atoms with Crippen LogP contribution >= 0.6 is 11.3 Å². The number of fused-ring (bicyclic) bond motifs is 1. The zero-order valence-electron chi connectivity index (χ0n) is 17.9. The average Bonchev–Trinajstić information content (AvgIpc) is 3.42. The van der Waals surface area contributed by atoms with E-state index < -0.39 is 10.0 Å². The number of carbonyl (C=O) groups excluding carboxylic acids is 1. The number of hydrogen-bond acceptors (Lipinski definition) is 6. The molecule has 0 bridgehead atoms. The van der Waals surface area contributed by atoms with E-state index in [-0.39, 0.29) is 16.8 Å². The van der Waals surface area contributed by atoms with E-state index in [2.05, 4.69) is 15.1 Å². The summed E-state index contributed by atoms with van der Waals surface area (Å²) in [4.78, 5) is 19.0. The molecule has 0 fully saturated rings. The first-order valence-corrected chi connectivity index (χ1v) is 12.5. The highest BCUT2D eigenvalue weighted by atomic mass is 32.2. The summed E-state index contributed by atoms with van der Waals surface area (Å²) in [6.45, 7) is 6.11. The first-order chi connectivity index (χ1) is 15.3. The molecule has 2 N–H and O–H groups in total. The van der Waals surface area contributed by atoms with Gasteiger partial charge in [-0.1, -0.05) is 6.07 Å². The van der Waals surface area contributed by atoms with Crippen molar-refractivity contribution in [2.45, 2.75) is 38.3 Å². The van der Waals surface area contributed by atoms with Crippen LogP contribution in [0, 0.1) is 0 Å². The summed E-state index contributed by atoms with van der Waals surface area (Å²) in [6, 6.07) is 11.5. The van der Waals surface area contributed by atoms with Gasteiger partial charge in [0, 0.05) is 18.3 Å². The molecule has 32 heavy (non-hydrogen) atoms. The molecule has 8 nitrogen and oxygen atoms in total. The van der Waals surface area contributed by atoms with Crippen molar-refractivity contribution >= 4 is 44.0 Å². The predicted molar refractivity (Wildman–Crippen MR) is 126 cm³/mol. The number of aryl methyl sites for hydroxylation is 1. The van der Waals surface area contributed by atoms with E-state index in [9.17, 15) is 13.2 Å². The smallest absolute Gasteiger partial charge is 0.256 e. The lowest BCUT2D eigenvalue weighted by molar-refractivity contribution is 0.102. The van der Waals surface area contributed by atoms with E-state index >= 15 is 0 Å². The van der Waals surface area contributed by atoms with E-state index in [4.69, 9.17) is 4.98 Å². The molecule has 3 heterocycles. The summed E-state index contributed by atoms with van der Waals surface area (Å²) in [5.74, 6) is -0.318. The third kappa shape index (κ3) is 4.43. The van der Waals surface area contributed by atoms with Gasteiger partial charge < -0.3 is 5.32 Å². The van der Waals surface area contributed by atoms with Crippen molar-refractivity contribution in [1.82, 2.24) is 19.5 Å². The Kier molecular flexibility index (Phi) is 6.09. The summed E-state index contributed by atoms with van der Waals surface area (Å²) >= 11 is 1.55. The maximum Gasteiger partial charge on any atom is 0.256 e. The summed E-state index contributed by atoms with van der Waals surface area (Å²) in [5, 5.41) is 9.82. The molecular formula is C22H23N5O3S2. The number of aromatic nitrogens is 3. The summed E-state index contributed by atoms with van der Waals surface area (Å²) < 4.78 is 28.9. The Morgan fingerprint density at radius 3 is 2.56 bits per heavy atom. The van der Waals surface area contributed by atoms with E-state index in [0.29, 0.717) is 34.5 Å². The highest BCUT2D eigenvalue weighted by Gasteiger charge is 2.19. The average molecular weight is 470 g/mol. The molecule has 0 aliphatic rings. The van der Waals surface area contributed by atoms with Gasteiger partial charge in [-0.25, -0.2) is 22.8 Å². The van der Waals surface area contributed by atoms with Crippen LogP contribution in [0.25, 0.3) is 21.6 Å². The summed E-state index contributed by atoms with van der Waals surface area (Å²) in [5.41, 5.74) is 2.29. The lowest BCUT2D eigenvalue weighted by atomic mass is 10.1. The van der Waals surface area contributed by atoms with Crippen LogP contribution in [0.2, 0.25) is 0 Å². The van der Waals surface area contributed by atoms with Gasteiger partial charge in [-0.2, -0.15) is 5.10 Å². The molecule has 4 aromatic rings. The minimum absolute atomic E-state index is 0.139. The number of thiophene rings is 1. The van der Waals surface area contributed by atoms with Gasteiger partial charge in [0.15, 0.2) is 5.65 Å². The molecule has 0 saturated carbocycles. The molecule has 0 atom stereocenters. The van der Waals surface area contributed by atoms with Crippen molar-refractivity contribution < 1.29 is 13.2 Å². The fraction of sp³-hybridized carbons (Fsp3) is 0.227. The highest BCUT2D eigenvalue weighted by molar-refractivity contribution is 7.89. The van der Waals surface area contributed by atoms with Gasteiger partial charge in [0.05, 0.1) is 32.6 Å². The van der Waals surface area contributed by atoms with Crippen LogP contribution < -0.4 is 10.0 Å². The van der Waals surface area contributed by atoms with Crippen LogP contribution in [0.1, 0.15) is 31.1 Å². The summed E-state index contributed by atoms with van der Waals surface area (Å²) in [6.07, 6.45) is 1.65. The van der Waals surface area contributed by atoms with Crippen LogP contribution in [0.15, 0.2) is 58.9 Å². The van der Waals surface area contributed by atoms with E-state index in [1.807, 2.05) is 24.4 Å². The van der Waals surface area contributed by atoms with Crippen LogP contribution in [-0.4, -0.2) is 35.1 Å². The number of anilines is 1. The number of pyridine rings is 1. The minimum atomic E-state index is -3.60. The fourth-order valence-corrected chi connectivity index (χ4v) is 5.25. The van der Waals surface area contributed by atoms with Crippen LogP contribution in [0.5, 0.6) is 0 Å². The molecule has 0 unspecified atom stereocenters. The van der Waals surface area contributed by atoms with Crippen LogP contribution in [0.3, 0.4) is 0 Å². The van der Waals surface area contributed by atoms with E-state index in [1.54, 1.807) is 54.3 Å². The number of hydrogen-bond donors (Lipinski definition) is 2. The van der Waals surface area contributed by atoms with Crippen molar-refractivity contribution in [1.29, 1.82) is 0 Å². The van der Waals surface area contributed by atoms with Gasteiger partial charge >= 0.3 is 0 Å². The third-order valence-corrected chi connectivity index (χ3v) is 7.31. The number of benzene rings is 1. The molecule has 0 saturated heterocycles. The van der Waals surface area contributed by atoms with Crippen molar-refractivity contribution in [3.05, 3.63) is 59.6 Å². The molecule has 1 aromatic carbocycles. The maximum atomic E-state index is 13.2. The highest BCUT2D eigenvalue weighted by Crippen LogP contribution is 2.28. The van der Waals surface area contributed by atoms with Crippen molar-refractivity contribution in [2.24, 2.45) is 0 Å². The number of carbonyl (C=O) groups is 1. The molecule has 0 aliphatic heterocycles. The second-order valence-electron chi connectivity index (χ2n) is 7.48. The van der Waals surface area contributed by atoms with Gasteiger partial charge in [-0.05, 0) is 62.5 Å². The zero-order chi connectivity index (χ0) is 22.9. The first kappa shape index (κ1) is 22.1. The monoisotopic (exact) mass is 469 g/mol. The van der Waals surface area contributed by atoms with Crippen molar-refractivity contribution in [3.63, 3.8) is 0 Å². The Morgan fingerprint density at radius 2 is 1.94 bits per heavy atom. The number of nitrogens with one attached hydrogen (secondary N) is 2.